The average Bonchev–Trinajstić information content (AvgIpc) is 2.89. The summed E-state index contributed by atoms with van der Waals surface area (Å²) < 4.78 is 5.35. The number of thiazole rings is 1. The van der Waals surface area contributed by atoms with Gasteiger partial charge in [-0.2, -0.15) is 5.26 Å². The monoisotopic (exact) mass is 300 g/mol. The number of aromatic nitrogens is 1. The SMILES string of the molecule is N#Cc1cccc(NC(=O)Nc2nc3c(s2)COCC3)c1. The van der Waals surface area contributed by atoms with Gasteiger partial charge in [0.1, 0.15) is 0 Å². The van der Waals surface area contributed by atoms with Crippen LogP contribution < -0.4 is 10.6 Å². The van der Waals surface area contributed by atoms with Crippen molar-refractivity contribution in [3.63, 3.8) is 0 Å². The standard InChI is InChI=1S/C14H12N4O2S/c15-7-9-2-1-3-10(6-9)16-13(19)18-14-17-11-4-5-20-8-12(11)21-14/h1-3,6H,4-5,8H2,(H2,16,17,18,19). The molecule has 106 valence electrons. The van der Waals surface area contributed by atoms with Gasteiger partial charge < -0.3 is 10.1 Å². The van der Waals surface area contributed by atoms with E-state index in [4.69, 9.17) is 10.00 Å². The van der Waals surface area contributed by atoms with Crippen LogP contribution in [0.4, 0.5) is 15.6 Å². The van der Waals surface area contributed by atoms with Gasteiger partial charge in [-0.3, -0.25) is 5.32 Å². The summed E-state index contributed by atoms with van der Waals surface area (Å²) in [6.45, 7) is 1.23. The summed E-state index contributed by atoms with van der Waals surface area (Å²) in [5, 5.41) is 14.8. The molecule has 1 aromatic heterocycles. The maximum atomic E-state index is 11.9. The van der Waals surface area contributed by atoms with Gasteiger partial charge in [0.25, 0.3) is 0 Å². The highest BCUT2D eigenvalue weighted by Gasteiger charge is 2.16. The van der Waals surface area contributed by atoms with E-state index in [9.17, 15) is 4.79 Å². The highest BCUT2D eigenvalue weighted by molar-refractivity contribution is 7.15. The van der Waals surface area contributed by atoms with E-state index in [-0.39, 0.29) is 6.03 Å². The molecule has 0 spiro atoms. The van der Waals surface area contributed by atoms with Gasteiger partial charge in [0.05, 0.1) is 35.4 Å². The Hall–Kier alpha value is -2.43. The van der Waals surface area contributed by atoms with E-state index in [0.29, 0.717) is 29.6 Å². The third-order valence-electron chi connectivity index (χ3n) is 2.96. The molecule has 3 rings (SSSR count). The second kappa shape index (κ2) is 5.91. The third-order valence-corrected chi connectivity index (χ3v) is 3.95. The first kappa shape index (κ1) is 13.5. The number of carbonyl (C=O) groups excluding carboxylic acids is 1. The number of nitrogens with one attached hydrogen (secondary N) is 2. The zero-order chi connectivity index (χ0) is 14.7. The van der Waals surface area contributed by atoms with E-state index >= 15 is 0 Å². The van der Waals surface area contributed by atoms with E-state index in [2.05, 4.69) is 15.6 Å². The van der Waals surface area contributed by atoms with Gasteiger partial charge in [0.2, 0.25) is 0 Å². The van der Waals surface area contributed by atoms with Crippen LogP contribution in [-0.2, 0) is 17.8 Å². The third kappa shape index (κ3) is 3.18. The summed E-state index contributed by atoms with van der Waals surface area (Å²) in [6.07, 6.45) is 0.777. The summed E-state index contributed by atoms with van der Waals surface area (Å²) in [7, 11) is 0. The fourth-order valence-electron chi connectivity index (χ4n) is 2.00. The molecule has 2 amide bonds. The van der Waals surface area contributed by atoms with E-state index < -0.39 is 0 Å². The summed E-state index contributed by atoms with van der Waals surface area (Å²) in [5.74, 6) is 0. The Bertz CT molecular complexity index is 697. The first-order chi connectivity index (χ1) is 10.2. The highest BCUT2D eigenvalue weighted by atomic mass is 32.1. The molecule has 0 fully saturated rings. The molecule has 21 heavy (non-hydrogen) atoms. The van der Waals surface area contributed by atoms with E-state index in [0.717, 1.165) is 17.0 Å². The topological polar surface area (TPSA) is 87.0 Å². The van der Waals surface area contributed by atoms with E-state index in [1.54, 1.807) is 24.3 Å². The molecule has 0 atom stereocenters. The van der Waals surface area contributed by atoms with Crippen LogP contribution in [0.2, 0.25) is 0 Å². The fourth-order valence-corrected chi connectivity index (χ4v) is 2.95. The van der Waals surface area contributed by atoms with Gasteiger partial charge in [-0.25, -0.2) is 9.78 Å². The molecule has 0 saturated heterocycles. The Kier molecular flexibility index (Phi) is 3.81. The number of amides is 2. The van der Waals surface area contributed by atoms with Crippen LogP contribution in [0.15, 0.2) is 24.3 Å². The molecule has 2 heterocycles. The van der Waals surface area contributed by atoms with Crippen LogP contribution in [0, 0.1) is 11.3 Å². The number of hydrogen-bond donors (Lipinski definition) is 2. The second-order valence-electron chi connectivity index (χ2n) is 4.46. The number of rotatable bonds is 2. The molecule has 0 unspecified atom stereocenters. The van der Waals surface area contributed by atoms with Crippen LogP contribution in [0.3, 0.4) is 0 Å². The molecule has 0 aliphatic carbocycles. The number of ether oxygens (including phenoxy) is 1. The van der Waals surface area contributed by atoms with Crippen molar-refractivity contribution in [2.45, 2.75) is 13.0 Å². The van der Waals surface area contributed by atoms with Crippen LogP contribution in [0.25, 0.3) is 0 Å². The molecule has 7 heteroatoms. The molecule has 0 saturated carbocycles. The van der Waals surface area contributed by atoms with Crippen LogP contribution in [0.1, 0.15) is 16.1 Å². The lowest BCUT2D eigenvalue weighted by Crippen LogP contribution is -2.19. The largest absolute Gasteiger partial charge is 0.375 e. The summed E-state index contributed by atoms with van der Waals surface area (Å²) in [4.78, 5) is 17.4. The summed E-state index contributed by atoms with van der Waals surface area (Å²) in [5.41, 5.74) is 2.05. The maximum absolute atomic E-state index is 11.9. The Morgan fingerprint density at radius 1 is 1.43 bits per heavy atom. The first-order valence-electron chi connectivity index (χ1n) is 6.39. The van der Waals surface area contributed by atoms with Crippen LogP contribution in [-0.4, -0.2) is 17.6 Å². The lowest BCUT2D eigenvalue weighted by atomic mass is 10.2. The van der Waals surface area contributed by atoms with Crippen molar-refractivity contribution in [2.75, 3.05) is 17.2 Å². The zero-order valence-electron chi connectivity index (χ0n) is 11.0. The van der Waals surface area contributed by atoms with Gasteiger partial charge in [0.15, 0.2) is 5.13 Å². The second-order valence-corrected chi connectivity index (χ2v) is 5.55. The highest BCUT2D eigenvalue weighted by Crippen LogP contribution is 2.27. The Morgan fingerprint density at radius 3 is 3.14 bits per heavy atom. The van der Waals surface area contributed by atoms with Crippen molar-refractivity contribution in [2.24, 2.45) is 0 Å². The first-order valence-corrected chi connectivity index (χ1v) is 7.21. The number of nitriles is 1. The molecule has 1 aliphatic rings. The molecule has 1 aliphatic heterocycles. The molecule has 2 N–H and O–H groups in total. The normalized spacial score (nSPS) is 13.1. The molecule has 2 aromatic rings. The van der Waals surface area contributed by atoms with Crippen molar-refractivity contribution in [1.29, 1.82) is 5.26 Å². The molecule has 1 aromatic carbocycles. The van der Waals surface area contributed by atoms with Crippen molar-refractivity contribution < 1.29 is 9.53 Å². The Labute approximate surface area is 125 Å². The van der Waals surface area contributed by atoms with Gasteiger partial charge in [-0.15, -0.1) is 0 Å². The Balaban J connectivity index is 1.66. The number of nitrogens with zero attached hydrogens (tertiary/aromatic N) is 2. The number of hydrogen-bond acceptors (Lipinski definition) is 5. The number of anilines is 2. The minimum atomic E-state index is -0.378. The number of carbonyl (C=O) groups is 1. The van der Waals surface area contributed by atoms with Crippen LogP contribution in [0.5, 0.6) is 0 Å². The Morgan fingerprint density at radius 2 is 2.33 bits per heavy atom. The number of urea groups is 1. The van der Waals surface area contributed by atoms with Crippen molar-refractivity contribution in [3.05, 3.63) is 40.4 Å². The summed E-state index contributed by atoms with van der Waals surface area (Å²) in [6, 6.07) is 8.38. The van der Waals surface area contributed by atoms with E-state index in [1.165, 1.54) is 11.3 Å². The summed E-state index contributed by atoms with van der Waals surface area (Å²) >= 11 is 1.42. The average molecular weight is 300 g/mol. The van der Waals surface area contributed by atoms with Crippen molar-refractivity contribution in [3.8, 4) is 6.07 Å². The molecule has 0 radical (unpaired) electrons. The predicted octanol–water partition coefficient (Wildman–Crippen LogP) is 2.73. The lowest BCUT2D eigenvalue weighted by molar-refractivity contribution is 0.112. The van der Waals surface area contributed by atoms with Crippen molar-refractivity contribution >= 4 is 28.2 Å². The van der Waals surface area contributed by atoms with Crippen LogP contribution >= 0.6 is 11.3 Å². The van der Waals surface area contributed by atoms with Gasteiger partial charge in [-0.05, 0) is 18.2 Å². The number of benzene rings is 1. The lowest BCUT2D eigenvalue weighted by Gasteiger charge is -2.08. The number of fused-ring (bicyclic) bond motifs is 1. The van der Waals surface area contributed by atoms with Gasteiger partial charge >= 0.3 is 6.03 Å². The quantitative estimate of drug-likeness (QED) is 0.892. The fraction of sp³-hybridized carbons (Fsp3) is 0.214. The predicted molar refractivity (Wildman–Crippen MR) is 79.3 cm³/mol. The van der Waals surface area contributed by atoms with Crippen molar-refractivity contribution in [1.82, 2.24) is 4.98 Å². The van der Waals surface area contributed by atoms with E-state index in [1.807, 2.05) is 6.07 Å². The molecular weight excluding hydrogens is 288 g/mol. The van der Waals surface area contributed by atoms with Gasteiger partial charge in [0, 0.05) is 12.1 Å². The molecule has 0 bridgehead atoms. The smallest absolute Gasteiger partial charge is 0.325 e. The maximum Gasteiger partial charge on any atom is 0.325 e. The zero-order valence-corrected chi connectivity index (χ0v) is 11.9. The molecule has 6 nitrogen and oxygen atoms in total. The van der Waals surface area contributed by atoms with Gasteiger partial charge in [-0.1, -0.05) is 17.4 Å². The minimum Gasteiger partial charge on any atom is -0.375 e. The molecular formula is C14H12N4O2S. The minimum absolute atomic E-state index is 0.378.